The summed E-state index contributed by atoms with van der Waals surface area (Å²) in [6.07, 6.45) is 4.01. The van der Waals surface area contributed by atoms with Gasteiger partial charge in [-0.05, 0) is 79.8 Å². The summed E-state index contributed by atoms with van der Waals surface area (Å²) in [6.45, 7) is 6.66. The fourth-order valence-electron chi connectivity index (χ4n) is 3.75. The molecule has 1 aliphatic heterocycles. The molecular formula is C24H31ClN2OS. The van der Waals surface area contributed by atoms with E-state index in [-0.39, 0.29) is 11.9 Å². The van der Waals surface area contributed by atoms with E-state index in [9.17, 15) is 4.79 Å². The maximum Gasteiger partial charge on any atom is 0.220 e. The first-order valence-electron chi connectivity index (χ1n) is 10.5. The van der Waals surface area contributed by atoms with E-state index in [4.69, 9.17) is 11.6 Å². The van der Waals surface area contributed by atoms with Gasteiger partial charge in [0.05, 0.1) is 6.04 Å². The van der Waals surface area contributed by atoms with E-state index in [2.05, 4.69) is 48.3 Å². The molecular weight excluding hydrogens is 400 g/mol. The number of piperidine rings is 1. The van der Waals surface area contributed by atoms with Crippen LogP contribution < -0.4 is 10.2 Å². The lowest BCUT2D eigenvalue weighted by Gasteiger charge is -2.33. The van der Waals surface area contributed by atoms with Crippen LogP contribution in [0.25, 0.3) is 0 Å². The zero-order valence-corrected chi connectivity index (χ0v) is 18.9. The fourth-order valence-corrected chi connectivity index (χ4v) is 4.73. The summed E-state index contributed by atoms with van der Waals surface area (Å²) < 4.78 is 0. The monoisotopic (exact) mass is 430 g/mol. The molecule has 1 saturated heterocycles. The van der Waals surface area contributed by atoms with Crippen LogP contribution in [0.15, 0.2) is 53.4 Å². The van der Waals surface area contributed by atoms with E-state index >= 15 is 0 Å². The number of carbonyl (C=O) groups excluding carboxylic acids is 1. The molecule has 0 aliphatic carbocycles. The van der Waals surface area contributed by atoms with E-state index in [1.54, 1.807) is 11.8 Å². The number of rotatable bonds is 8. The number of carbonyl (C=O) groups is 1. The SMILES string of the molecule is C[C@H]1CCCN(c2ccc([C@H](C)NC(=O)CCCSc3ccc(Cl)cc3)cc2)C1. The van der Waals surface area contributed by atoms with Crippen molar-refractivity contribution in [1.82, 2.24) is 5.32 Å². The van der Waals surface area contributed by atoms with Crippen molar-refractivity contribution in [3.05, 3.63) is 59.1 Å². The van der Waals surface area contributed by atoms with Gasteiger partial charge < -0.3 is 10.2 Å². The van der Waals surface area contributed by atoms with Crippen LogP contribution in [-0.2, 0) is 4.79 Å². The number of halogens is 1. The summed E-state index contributed by atoms with van der Waals surface area (Å²) in [5, 5.41) is 3.88. The van der Waals surface area contributed by atoms with Crippen molar-refractivity contribution in [1.29, 1.82) is 0 Å². The Labute approximate surface area is 184 Å². The summed E-state index contributed by atoms with van der Waals surface area (Å²) in [5.74, 6) is 1.80. The predicted molar refractivity (Wildman–Crippen MR) is 125 cm³/mol. The molecule has 0 unspecified atom stereocenters. The van der Waals surface area contributed by atoms with Gasteiger partial charge in [-0.15, -0.1) is 11.8 Å². The van der Waals surface area contributed by atoms with E-state index in [0.29, 0.717) is 6.42 Å². The standard InChI is InChI=1S/C24H31ClN2OS/c1-18-5-3-15-27(17-18)22-11-7-20(8-12-22)19(2)26-24(28)6-4-16-29-23-13-9-21(25)10-14-23/h7-14,18-19H,3-6,15-17H2,1-2H3,(H,26,28)/t18-,19-/m0/s1. The van der Waals surface area contributed by atoms with Crippen molar-refractivity contribution < 1.29 is 4.79 Å². The number of hydrogen-bond donors (Lipinski definition) is 1. The molecule has 3 rings (SSSR count). The van der Waals surface area contributed by atoms with Crippen LogP contribution in [0.5, 0.6) is 0 Å². The summed E-state index contributed by atoms with van der Waals surface area (Å²) in [5.41, 5.74) is 2.45. The molecule has 1 N–H and O–H groups in total. The average molecular weight is 431 g/mol. The van der Waals surface area contributed by atoms with E-state index < -0.39 is 0 Å². The second kappa shape index (κ2) is 10.9. The fraction of sp³-hybridized carbons (Fsp3) is 0.458. The number of thioether (sulfide) groups is 1. The van der Waals surface area contributed by atoms with Crippen LogP contribution in [0.4, 0.5) is 5.69 Å². The zero-order chi connectivity index (χ0) is 20.6. The minimum atomic E-state index is 0.0285. The van der Waals surface area contributed by atoms with Gasteiger partial charge in [0.1, 0.15) is 0 Å². The first-order chi connectivity index (χ1) is 14.0. The lowest BCUT2D eigenvalue weighted by molar-refractivity contribution is -0.121. The zero-order valence-electron chi connectivity index (χ0n) is 17.4. The van der Waals surface area contributed by atoms with Gasteiger partial charge >= 0.3 is 0 Å². The molecule has 1 aliphatic rings. The highest BCUT2D eigenvalue weighted by Crippen LogP contribution is 2.25. The third-order valence-electron chi connectivity index (χ3n) is 5.42. The van der Waals surface area contributed by atoms with Crippen LogP contribution in [0.1, 0.15) is 51.1 Å². The Balaban J connectivity index is 1.40. The van der Waals surface area contributed by atoms with E-state index in [1.807, 2.05) is 24.3 Å². The number of amides is 1. The lowest BCUT2D eigenvalue weighted by atomic mass is 9.99. The third kappa shape index (κ3) is 6.97. The molecule has 0 spiro atoms. The minimum absolute atomic E-state index is 0.0285. The van der Waals surface area contributed by atoms with Crippen LogP contribution in [0, 0.1) is 5.92 Å². The second-order valence-corrected chi connectivity index (χ2v) is 9.58. The Morgan fingerprint density at radius 3 is 2.62 bits per heavy atom. The van der Waals surface area contributed by atoms with Crippen molar-refractivity contribution in [3.8, 4) is 0 Å². The summed E-state index contributed by atoms with van der Waals surface area (Å²) in [4.78, 5) is 15.9. The van der Waals surface area contributed by atoms with Crippen molar-refractivity contribution in [2.75, 3.05) is 23.7 Å². The Morgan fingerprint density at radius 1 is 1.21 bits per heavy atom. The largest absolute Gasteiger partial charge is 0.371 e. The predicted octanol–water partition coefficient (Wildman–Crippen LogP) is 6.33. The number of anilines is 1. The molecule has 2 aromatic carbocycles. The molecule has 1 fully saturated rings. The lowest BCUT2D eigenvalue weighted by Crippen LogP contribution is -2.34. The molecule has 0 saturated carbocycles. The molecule has 3 nitrogen and oxygen atoms in total. The molecule has 2 aromatic rings. The van der Waals surface area contributed by atoms with E-state index in [1.165, 1.54) is 23.4 Å². The smallest absolute Gasteiger partial charge is 0.220 e. The summed E-state index contributed by atoms with van der Waals surface area (Å²) in [6, 6.07) is 16.5. The van der Waals surface area contributed by atoms with Crippen LogP contribution in [0.2, 0.25) is 5.02 Å². The molecule has 156 valence electrons. The van der Waals surface area contributed by atoms with Gasteiger partial charge in [0.15, 0.2) is 0 Å². The van der Waals surface area contributed by atoms with Crippen LogP contribution in [0.3, 0.4) is 0 Å². The average Bonchev–Trinajstić information content (AvgIpc) is 2.72. The molecule has 1 amide bonds. The van der Waals surface area contributed by atoms with Gasteiger partial charge in [-0.3, -0.25) is 4.79 Å². The quantitative estimate of drug-likeness (QED) is 0.392. The van der Waals surface area contributed by atoms with Crippen LogP contribution >= 0.6 is 23.4 Å². The van der Waals surface area contributed by atoms with Gasteiger partial charge in [0.25, 0.3) is 0 Å². The van der Waals surface area contributed by atoms with E-state index in [0.717, 1.165) is 41.8 Å². The van der Waals surface area contributed by atoms with Crippen LogP contribution in [-0.4, -0.2) is 24.7 Å². The minimum Gasteiger partial charge on any atom is -0.371 e. The van der Waals surface area contributed by atoms with Crippen molar-refractivity contribution in [3.63, 3.8) is 0 Å². The van der Waals surface area contributed by atoms with Crippen molar-refractivity contribution >= 4 is 35.0 Å². The normalized spacial score (nSPS) is 17.8. The highest BCUT2D eigenvalue weighted by atomic mass is 35.5. The number of hydrogen-bond acceptors (Lipinski definition) is 3. The van der Waals surface area contributed by atoms with Gasteiger partial charge in [-0.2, -0.15) is 0 Å². The van der Waals surface area contributed by atoms with Gasteiger partial charge in [0.2, 0.25) is 5.91 Å². The van der Waals surface area contributed by atoms with Gasteiger partial charge in [-0.1, -0.05) is 30.7 Å². The number of nitrogens with zero attached hydrogens (tertiary/aromatic N) is 1. The molecule has 0 bridgehead atoms. The molecule has 0 aromatic heterocycles. The first-order valence-corrected chi connectivity index (χ1v) is 11.9. The Hall–Kier alpha value is -1.65. The summed E-state index contributed by atoms with van der Waals surface area (Å²) >= 11 is 7.66. The van der Waals surface area contributed by atoms with Crippen molar-refractivity contribution in [2.45, 2.75) is 50.5 Å². The maximum atomic E-state index is 12.3. The molecule has 2 atom stereocenters. The third-order valence-corrected chi connectivity index (χ3v) is 6.77. The molecule has 0 radical (unpaired) electrons. The van der Waals surface area contributed by atoms with Gasteiger partial charge in [0, 0.05) is 35.1 Å². The first kappa shape index (κ1) is 22.0. The Kier molecular flexibility index (Phi) is 8.31. The number of benzene rings is 2. The Morgan fingerprint density at radius 2 is 1.93 bits per heavy atom. The highest BCUT2D eigenvalue weighted by Gasteiger charge is 2.17. The second-order valence-electron chi connectivity index (χ2n) is 7.98. The summed E-state index contributed by atoms with van der Waals surface area (Å²) in [7, 11) is 0. The highest BCUT2D eigenvalue weighted by molar-refractivity contribution is 7.99. The maximum absolute atomic E-state index is 12.3. The van der Waals surface area contributed by atoms with Gasteiger partial charge in [-0.25, -0.2) is 0 Å². The number of nitrogens with one attached hydrogen (secondary N) is 1. The van der Waals surface area contributed by atoms with Crippen molar-refractivity contribution in [2.24, 2.45) is 5.92 Å². The molecule has 1 heterocycles. The molecule has 29 heavy (non-hydrogen) atoms. The Bertz CT molecular complexity index is 778. The topological polar surface area (TPSA) is 32.3 Å². The molecule has 5 heteroatoms.